The van der Waals surface area contributed by atoms with Crippen LogP contribution in [0, 0.1) is 5.82 Å². The molecule has 0 fully saturated rings. The van der Waals surface area contributed by atoms with Gasteiger partial charge in [0.1, 0.15) is 11.6 Å². The van der Waals surface area contributed by atoms with Crippen LogP contribution in [0.15, 0.2) is 48.5 Å². The lowest BCUT2D eigenvalue weighted by Gasteiger charge is -2.12. The zero-order valence-electron chi connectivity index (χ0n) is 11.0. The van der Waals surface area contributed by atoms with Gasteiger partial charge in [-0.2, -0.15) is 0 Å². The Bertz CT molecular complexity index is 507. The minimum absolute atomic E-state index is 0.0267. The van der Waals surface area contributed by atoms with E-state index in [1.54, 1.807) is 19.2 Å². The number of hydrogen-bond donors (Lipinski definition) is 1. The van der Waals surface area contributed by atoms with E-state index in [0.29, 0.717) is 0 Å². The molecule has 0 aliphatic carbocycles. The second-order valence-corrected chi connectivity index (χ2v) is 4.64. The maximum atomic E-state index is 12.8. The Morgan fingerprint density at radius 3 is 1.89 bits per heavy atom. The van der Waals surface area contributed by atoms with E-state index in [0.717, 1.165) is 24.2 Å². The van der Waals surface area contributed by atoms with E-state index in [4.69, 9.17) is 10.5 Å². The van der Waals surface area contributed by atoms with Gasteiger partial charge in [0.05, 0.1) is 7.11 Å². The topological polar surface area (TPSA) is 35.2 Å². The van der Waals surface area contributed by atoms with Crippen LogP contribution in [-0.4, -0.2) is 13.2 Å². The third-order valence-corrected chi connectivity index (χ3v) is 3.07. The Labute approximate surface area is 113 Å². The van der Waals surface area contributed by atoms with Crippen molar-refractivity contribution in [3.8, 4) is 5.75 Å². The van der Waals surface area contributed by atoms with Crippen molar-refractivity contribution >= 4 is 0 Å². The number of hydrogen-bond acceptors (Lipinski definition) is 2. The van der Waals surface area contributed by atoms with Gasteiger partial charge in [-0.3, -0.25) is 0 Å². The molecule has 0 radical (unpaired) electrons. The summed E-state index contributed by atoms with van der Waals surface area (Å²) < 4.78 is 17.9. The second kappa shape index (κ2) is 6.34. The number of nitrogens with two attached hydrogens (primary N) is 1. The number of rotatable bonds is 5. The van der Waals surface area contributed by atoms with Crippen molar-refractivity contribution in [3.63, 3.8) is 0 Å². The lowest BCUT2D eigenvalue weighted by molar-refractivity contribution is 0.414. The van der Waals surface area contributed by atoms with Gasteiger partial charge in [0.25, 0.3) is 0 Å². The van der Waals surface area contributed by atoms with Gasteiger partial charge < -0.3 is 10.5 Å². The van der Waals surface area contributed by atoms with Crippen molar-refractivity contribution in [2.75, 3.05) is 7.11 Å². The summed E-state index contributed by atoms with van der Waals surface area (Å²) in [6.45, 7) is 0. The first-order valence-electron chi connectivity index (χ1n) is 6.30. The average Bonchev–Trinajstić information content (AvgIpc) is 2.42. The maximum Gasteiger partial charge on any atom is 0.123 e. The molecular formula is C16H18FNO. The fraction of sp³-hybridized carbons (Fsp3) is 0.250. The highest BCUT2D eigenvalue weighted by Crippen LogP contribution is 2.14. The Hall–Kier alpha value is -1.87. The van der Waals surface area contributed by atoms with E-state index in [9.17, 15) is 4.39 Å². The minimum atomic E-state index is -0.215. The summed E-state index contributed by atoms with van der Waals surface area (Å²) in [6.07, 6.45) is 1.54. The van der Waals surface area contributed by atoms with E-state index < -0.39 is 0 Å². The molecule has 0 amide bonds. The molecule has 2 aromatic carbocycles. The number of halogens is 1. The largest absolute Gasteiger partial charge is 0.497 e. The van der Waals surface area contributed by atoms with Gasteiger partial charge in [-0.15, -0.1) is 0 Å². The maximum absolute atomic E-state index is 12.8. The fourth-order valence-electron chi connectivity index (χ4n) is 2.06. The molecule has 3 heteroatoms. The van der Waals surface area contributed by atoms with Crippen molar-refractivity contribution in [2.45, 2.75) is 18.9 Å². The van der Waals surface area contributed by atoms with Crippen molar-refractivity contribution in [3.05, 3.63) is 65.5 Å². The molecule has 19 heavy (non-hydrogen) atoms. The molecule has 2 N–H and O–H groups in total. The van der Waals surface area contributed by atoms with Crippen LogP contribution in [0.3, 0.4) is 0 Å². The molecule has 2 nitrogen and oxygen atoms in total. The molecule has 2 rings (SSSR count). The normalized spacial score (nSPS) is 12.2. The van der Waals surface area contributed by atoms with Gasteiger partial charge in [-0.1, -0.05) is 24.3 Å². The predicted molar refractivity (Wildman–Crippen MR) is 74.8 cm³/mol. The molecule has 1 atom stereocenters. The lowest BCUT2D eigenvalue weighted by atomic mass is 10.00. The molecule has 0 unspecified atom stereocenters. The van der Waals surface area contributed by atoms with Gasteiger partial charge in [-0.25, -0.2) is 4.39 Å². The molecule has 0 saturated heterocycles. The molecule has 0 aromatic heterocycles. The summed E-state index contributed by atoms with van der Waals surface area (Å²) in [5.74, 6) is 0.628. The second-order valence-electron chi connectivity index (χ2n) is 4.64. The van der Waals surface area contributed by atoms with Crippen molar-refractivity contribution in [2.24, 2.45) is 5.73 Å². The van der Waals surface area contributed by atoms with Gasteiger partial charge >= 0.3 is 0 Å². The summed E-state index contributed by atoms with van der Waals surface area (Å²) in [7, 11) is 1.65. The molecule has 100 valence electrons. The zero-order chi connectivity index (χ0) is 13.7. The summed E-state index contributed by atoms with van der Waals surface area (Å²) in [6, 6.07) is 14.4. The lowest BCUT2D eigenvalue weighted by Crippen LogP contribution is -2.25. The third kappa shape index (κ3) is 4.07. The van der Waals surface area contributed by atoms with E-state index in [1.165, 1.54) is 17.7 Å². The molecular weight excluding hydrogens is 241 g/mol. The Balaban J connectivity index is 1.92. The quantitative estimate of drug-likeness (QED) is 0.896. The molecule has 2 aromatic rings. The van der Waals surface area contributed by atoms with E-state index in [-0.39, 0.29) is 11.9 Å². The van der Waals surface area contributed by atoms with Crippen LogP contribution in [0.1, 0.15) is 11.1 Å². The van der Waals surface area contributed by atoms with Crippen LogP contribution in [0.25, 0.3) is 0 Å². The predicted octanol–water partition coefficient (Wildman–Crippen LogP) is 2.95. The smallest absolute Gasteiger partial charge is 0.123 e. The molecule has 0 saturated carbocycles. The number of benzene rings is 2. The van der Waals surface area contributed by atoms with Gasteiger partial charge in [0, 0.05) is 6.04 Å². The van der Waals surface area contributed by atoms with E-state index in [1.807, 2.05) is 24.3 Å². The SMILES string of the molecule is COc1ccc(C[C@@H](N)Cc2ccc(F)cc2)cc1. The van der Waals surface area contributed by atoms with Crippen molar-refractivity contribution in [1.29, 1.82) is 0 Å². The van der Waals surface area contributed by atoms with Gasteiger partial charge in [0.15, 0.2) is 0 Å². The Morgan fingerprint density at radius 1 is 0.947 bits per heavy atom. The van der Waals surface area contributed by atoms with Crippen LogP contribution >= 0.6 is 0 Å². The highest BCUT2D eigenvalue weighted by Gasteiger charge is 2.06. The third-order valence-electron chi connectivity index (χ3n) is 3.07. The van der Waals surface area contributed by atoms with E-state index >= 15 is 0 Å². The Morgan fingerprint density at radius 2 is 1.42 bits per heavy atom. The van der Waals surface area contributed by atoms with Crippen LogP contribution in [0.2, 0.25) is 0 Å². The van der Waals surface area contributed by atoms with Crippen molar-refractivity contribution < 1.29 is 9.13 Å². The van der Waals surface area contributed by atoms with Crippen molar-refractivity contribution in [1.82, 2.24) is 0 Å². The summed E-state index contributed by atoms with van der Waals surface area (Å²) in [5.41, 5.74) is 8.36. The van der Waals surface area contributed by atoms with E-state index in [2.05, 4.69) is 0 Å². The minimum Gasteiger partial charge on any atom is -0.497 e. The van der Waals surface area contributed by atoms with Crippen LogP contribution in [-0.2, 0) is 12.8 Å². The first kappa shape index (κ1) is 13.6. The molecule has 0 aliphatic heterocycles. The zero-order valence-corrected chi connectivity index (χ0v) is 11.0. The fourth-order valence-corrected chi connectivity index (χ4v) is 2.06. The monoisotopic (exact) mass is 259 g/mol. The summed E-state index contributed by atoms with van der Waals surface area (Å²) in [5, 5.41) is 0. The molecule has 0 spiro atoms. The van der Waals surface area contributed by atoms with Crippen LogP contribution in [0.5, 0.6) is 5.75 Å². The molecule has 0 heterocycles. The first-order valence-corrected chi connectivity index (χ1v) is 6.30. The van der Waals surface area contributed by atoms with Gasteiger partial charge in [0.2, 0.25) is 0 Å². The average molecular weight is 259 g/mol. The van der Waals surface area contributed by atoms with Crippen LogP contribution < -0.4 is 10.5 Å². The standard InChI is InChI=1S/C16H18FNO/c1-19-16-8-4-13(5-9-16)11-15(18)10-12-2-6-14(17)7-3-12/h2-9,15H,10-11,18H2,1H3/t15-/m0/s1. The highest BCUT2D eigenvalue weighted by atomic mass is 19.1. The summed E-state index contributed by atoms with van der Waals surface area (Å²) in [4.78, 5) is 0. The molecule has 0 bridgehead atoms. The highest BCUT2D eigenvalue weighted by molar-refractivity contribution is 5.28. The number of methoxy groups -OCH3 is 1. The summed E-state index contributed by atoms with van der Waals surface area (Å²) >= 11 is 0. The van der Waals surface area contributed by atoms with Gasteiger partial charge in [-0.05, 0) is 48.2 Å². The Kier molecular flexibility index (Phi) is 4.53. The van der Waals surface area contributed by atoms with Crippen LogP contribution in [0.4, 0.5) is 4.39 Å². The molecule has 0 aliphatic rings. The first-order chi connectivity index (χ1) is 9.17. The number of ether oxygens (including phenoxy) is 1.